The Morgan fingerprint density at radius 2 is 2.11 bits per heavy atom. The van der Waals surface area contributed by atoms with E-state index in [1.807, 2.05) is 0 Å². The number of halogens is 1. The van der Waals surface area contributed by atoms with E-state index < -0.39 is 10.0 Å². The molecule has 0 unspecified atom stereocenters. The van der Waals surface area contributed by atoms with E-state index in [1.54, 1.807) is 25.1 Å². The number of sulfonamides is 1. The van der Waals surface area contributed by atoms with Crippen molar-refractivity contribution in [3.63, 3.8) is 0 Å². The van der Waals surface area contributed by atoms with E-state index in [2.05, 4.69) is 15.1 Å². The van der Waals surface area contributed by atoms with Gasteiger partial charge in [0.1, 0.15) is 4.80 Å². The molecule has 0 amide bonds. The molecule has 0 radical (unpaired) electrons. The summed E-state index contributed by atoms with van der Waals surface area (Å²) in [6, 6.07) is 4.99. The molecule has 2 N–H and O–H groups in total. The molecule has 1 heterocycles. The summed E-state index contributed by atoms with van der Waals surface area (Å²) in [5.41, 5.74) is 1.36. The molecule has 10 heteroatoms. The van der Waals surface area contributed by atoms with Crippen molar-refractivity contribution in [2.45, 2.75) is 6.92 Å². The Morgan fingerprint density at radius 1 is 1.42 bits per heavy atom. The fourth-order valence-corrected chi connectivity index (χ4v) is 1.87. The lowest BCUT2D eigenvalue weighted by molar-refractivity contribution is -0.725. The molecular formula is C9H11ClN4O4S. The first kappa shape index (κ1) is 15.3. The Bertz CT molecular complexity index is 685. The highest BCUT2D eigenvalue weighted by Crippen LogP contribution is 2.18. The predicted octanol–water partition coefficient (Wildman–Crippen LogP) is 0.503. The number of hydrogen-bond donors (Lipinski definition) is 1. The standard InChI is InChI=1S/C9H10ClN4O3S.H2O/c1-6-7(10)4-3-5-8(6)14-11-9(17-13-14)12-18(2,15)16;/h3-5H,1-2H3,(H,11,12,13);1H2/q+1;/p-1. The quantitative estimate of drug-likeness (QED) is 0.825. The summed E-state index contributed by atoms with van der Waals surface area (Å²) in [6.07, 6.45) is 0.992. The summed E-state index contributed by atoms with van der Waals surface area (Å²) in [7, 11) is -3.45. The maximum Gasteiger partial charge on any atom is 0.402 e. The molecule has 0 spiro atoms. The molecule has 2 aromatic rings. The SMILES string of the molecule is Cc1c(Cl)cccc1-[n+]1noc(NS(C)(=O)=O)n1.[OH-]. The fraction of sp³-hybridized carbons (Fsp3) is 0.222. The van der Waals surface area contributed by atoms with Crippen LogP contribution in [0.1, 0.15) is 5.56 Å². The normalized spacial score (nSPS) is 10.9. The first-order valence-electron chi connectivity index (χ1n) is 4.86. The van der Waals surface area contributed by atoms with Gasteiger partial charge < -0.3 is 5.48 Å². The Kier molecular flexibility index (Phi) is 4.45. The minimum absolute atomic E-state index is 0. The summed E-state index contributed by atoms with van der Waals surface area (Å²) in [4.78, 5) is 1.16. The van der Waals surface area contributed by atoms with E-state index in [9.17, 15) is 8.42 Å². The van der Waals surface area contributed by atoms with Crippen molar-refractivity contribution in [1.82, 2.24) is 10.4 Å². The second kappa shape index (κ2) is 5.51. The van der Waals surface area contributed by atoms with Crippen molar-refractivity contribution in [3.05, 3.63) is 28.8 Å². The predicted molar refractivity (Wildman–Crippen MR) is 66.0 cm³/mol. The van der Waals surface area contributed by atoms with Crippen molar-refractivity contribution in [2.24, 2.45) is 0 Å². The van der Waals surface area contributed by atoms with Gasteiger partial charge in [-0.1, -0.05) is 17.7 Å². The maximum absolute atomic E-state index is 11.0. The van der Waals surface area contributed by atoms with Gasteiger partial charge in [-0.15, -0.1) is 0 Å². The van der Waals surface area contributed by atoms with E-state index in [-0.39, 0.29) is 11.5 Å². The third kappa shape index (κ3) is 3.63. The molecule has 0 aliphatic carbocycles. The molecule has 0 aliphatic rings. The second-order valence-corrected chi connectivity index (χ2v) is 5.78. The van der Waals surface area contributed by atoms with Gasteiger partial charge in [0, 0.05) is 11.6 Å². The summed E-state index contributed by atoms with van der Waals surface area (Å²) >= 11 is 5.97. The van der Waals surface area contributed by atoms with Crippen LogP contribution in [0.15, 0.2) is 22.7 Å². The first-order chi connectivity index (χ1) is 8.37. The zero-order valence-electron chi connectivity index (χ0n) is 10.0. The zero-order chi connectivity index (χ0) is 13.3. The highest BCUT2D eigenvalue weighted by atomic mass is 35.5. The smallest absolute Gasteiger partial charge is 0.402 e. The van der Waals surface area contributed by atoms with E-state index in [0.29, 0.717) is 10.7 Å². The molecule has 19 heavy (non-hydrogen) atoms. The number of nitrogens with zero attached hydrogens (tertiary/aromatic N) is 3. The van der Waals surface area contributed by atoms with Crippen LogP contribution in [0.4, 0.5) is 6.01 Å². The highest BCUT2D eigenvalue weighted by molar-refractivity contribution is 7.91. The van der Waals surface area contributed by atoms with Crippen molar-refractivity contribution in [2.75, 3.05) is 11.0 Å². The molecule has 8 nitrogen and oxygen atoms in total. The Labute approximate surface area is 114 Å². The maximum atomic E-state index is 11.0. The van der Waals surface area contributed by atoms with Crippen LogP contribution in [0.2, 0.25) is 5.02 Å². The molecule has 0 atom stereocenters. The lowest BCUT2D eigenvalue weighted by atomic mass is 10.2. The van der Waals surface area contributed by atoms with E-state index >= 15 is 0 Å². The minimum atomic E-state index is -3.45. The Hall–Kier alpha value is -1.71. The molecule has 0 bridgehead atoms. The van der Waals surface area contributed by atoms with Crippen LogP contribution in [-0.4, -0.2) is 30.5 Å². The van der Waals surface area contributed by atoms with Crippen molar-refractivity contribution in [1.29, 1.82) is 0 Å². The van der Waals surface area contributed by atoms with E-state index in [0.717, 1.165) is 16.6 Å². The van der Waals surface area contributed by atoms with Gasteiger partial charge in [-0.3, -0.25) is 4.52 Å². The van der Waals surface area contributed by atoms with Gasteiger partial charge in [0.25, 0.3) is 5.69 Å². The van der Waals surface area contributed by atoms with Gasteiger partial charge in [-0.2, -0.15) is 0 Å². The molecule has 0 saturated heterocycles. The van der Waals surface area contributed by atoms with Crippen LogP contribution in [0, 0.1) is 6.92 Å². The van der Waals surface area contributed by atoms with Crippen LogP contribution < -0.4 is 9.52 Å². The van der Waals surface area contributed by atoms with Crippen LogP contribution in [0.3, 0.4) is 0 Å². The summed E-state index contributed by atoms with van der Waals surface area (Å²) < 4.78 is 28.8. The van der Waals surface area contributed by atoms with Crippen LogP contribution in [0.25, 0.3) is 5.69 Å². The monoisotopic (exact) mass is 306 g/mol. The summed E-state index contributed by atoms with van der Waals surface area (Å²) in [6.45, 7) is 1.80. The molecule has 0 fully saturated rings. The third-order valence-electron chi connectivity index (χ3n) is 2.12. The fourth-order valence-electron chi connectivity index (χ4n) is 1.31. The van der Waals surface area contributed by atoms with Crippen molar-refractivity contribution >= 4 is 27.6 Å². The lowest BCUT2D eigenvalue weighted by Crippen LogP contribution is -2.37. The van der Waals surface area contributed by atoms with Crippen LogP contribution in [0.5, 0.6) is 0 Å². The summed E-state index contributed by atoms with van der Waals surface area (Å²) in [5, 5.41) is 8.03. The molecule has 1 aromatic carbocycles. The van der Waals surface area contributed by atoms with Gasteiger partial charge in [0.15, 0.2) is 0 Å². The average Bonchev–Trinajstić information content (AvgIpc) is 2.68. The van der Waals surface area contributed by atoms with Gasteiger partial charge in [0.2, 0.25) is 15.3 Å². The molecule has 0 aliphatic heterocycles. The molecular weight excluding hydrogens is 296 g/mol. The summed E-state index contributed by atoms with van der Waals surface area (Å²) in [5.74, 6) is 0. The number of anilines is 1. The average molecular weight is 307 g/mol. The molecule has 104 valence electrons. The van der Waals surface area contributed by atoms with E-state index in [1.165, 1.54) is 0 Å². The van der Waals surface area contributed by atoms with Gasteiger partial charge in [0.05, 0.1) is 16.4 Å². The van der Waals surface area contributed by atoms with Crippen molar-refractivity contribution in [3.8, 4) is 5.69 Å². The van der Waals surface area contributed by atoms with Gasteiger partial charge in [-0.05, 0) is 13.0 Å². The first-order valence-corrected chi connectivity index (χ1v) is 7.13. The van der Waals surface area contributed by atoms with Crippen LogP contribution in [-0.2, 0) is 10.0 Å². The highest BCUT2D eigenvalue weighted by Gasteiger charge is 2.22. The number of benzene rings is 1. The Balaban J connectivity index is 0.00000180. The molecule has 1 aromatic heterocycles. The minimum Gasteiger partial charge on any atom is -0.870 e. The van der Waals surface area contributed by atoms with Gasteiger partial charge in [-0.25, -0.2) is 13.1 Å². The second-order valence-electron chi connectivity index (χ2n) is 3.63. The number of aromatic nitrogens is 3. The van der Waals surface area contributed by atoms with Crippen molar-refractivity contribution < 1.29 is 23.2 Å². The molecule has 2 rings (SSSR count). The Morgan fingerprint density at radius 3 is 2.74 bits per heavy atom. The number of rotatable bonds is 3. The van der Waals surface area contributed by atoms with Gasteiger partial charge >= 0.3 is 6.01 Å². The zero-order valence-corrected chi connectivity index (χ0v) is 11.6. The topological polar surface area (TPSA) is 119 Å². The van der Waals surface area contributed by atoms with Crippen LogP contribution >= 0.6 is 11.6 Å². The largest absolute Gasteiger partial charge is 0.870 e. The lowest BCUT2D eigenvalue weighted by Gasteiger charge is -1.94. The molecule has 0 saturated carbocycles. The third-order valence-corrected chi connectivity index (χ3v) is 3.07. The number of hydrogen-bond acceptors (Lipinski definition) is 6. The number of nitrogens with one attached hydrogen (secondary N) is 1. The van der Waals surface area contributed by atoms with E-state index in [4.69, 9.17) is 16.1 Å².